The number of carbonyl (C=O) groups excluding carboxylic acids is 1. The molecule has 3 unspecified atom stereocenters. The Hall–Kier alpha value is -1.14. The molecular weight excluding hydrogens is 188 g/mol. The molecule has 0 aromatic carbocycles. The minimum Gasteiger partial charge on any atom is -0.465 e. The van der Waals surface area contributed by atoms with Crippen molar-refractivity contribution in [3.63, 3.8) is 0 Å². The van der Waals surface area contributed by atoms with Gasteiger partial charge < -0.3 is 15.9 Å². The van der Waals surface area contributed by atoms with Gasteiger partial charge in [-0.2, -0.15) is 0 Å². The molecule has 80 valence electrons. The van der Waals surface area contributed by atoms with Crippen LogP contribution in [0.1, 0.15) is 13.3 Å². The maximum atomic E-state index is 11.5. The van der Waals surface area contributed by atoms with Gasteiger partial charge in [0.1, 0.15) is 0 Å². The van der Waals surface area contributed by atoms with Crippen molar-refractivity contribution in [1.29, 1.82) is 0 Å². The molecule has 3 atom stereocenters. The van der Waals surface area contributed by atoms with E-state index in [9.17, 15) is 9.59 Å². The van der Waals surface area contributed by atoms with Crippen LogP contribution < -0.4 is 5.73 Å². The van der Waals surface area contributed by atoms with Crippen LogP contribution in [0.5, 0.6) is 0 Å². The molecular formula is C8H14N2O4. The van der Waals surface area contributed by atoms with Crippen LogP contribution in [0.4, 0.5) is 4.79 Å². The molecule has 6 nitrogen and oxygen atoms in total. The minimum absolute atomic E-state index is 0.359. The zero-order valence-electron chi connectivity index (χ0n) is 7.88. The Balaban J connectivity index is 2.58. The molecule has 0 aliphatic carbocycles. The first-order chi connectivity index (χ1) is 6.45. The summed E-state index contributed by atoms with van der Waals surface area (Å²) in [4.78, 5) is 23.1. The second-order valence-electron chi connectivity index (χ2n) is 3.45. The van der Waals surface area contributed by atoms with E-state index < -0.39 is 30.1 Å². The summed E-state index contributed by atoms with van der Waals surface area (Å²) < 4.78 is 0. The molecule has 1 saturated heterocycles. The van der Waals surface area contributed by atoms with Gasteiger partial charge in [-0.15, -0.1) is 0 Å². The number of carbonyl (C=O) groups is 2. The number of likely N-dealkylation sites (tertiary alicyclic amines) is 1. The summed E-state index contributed by atoms with van der Waals surface area (Å²) in [6.07, 6.45) is -1.57. The monoisotopic (exact) mass is 202 g/mol. The smallest absolute Gasteiger partial charge is 0.407 e. The Labute approximate surface area is 81.3 Å². The van der Waals surface area contributed by atoms with Crippen molar-refractivity contribution >= 4 is 11.9 Å². The third-order valence-corrected chi connectivity index (χ3v) is 2.44. The Morgan fingerprint density at radius 2 is 2.14 bits per heavy atom. The van der Waals surface area contributed by atoms with E-state index in [-0.39, 0.29) is 0 Å². The molecule has 6 heteroatoms. The summed E-state index contributed by atoms with van der Waals surface area (Å²) in [6.45, 7) is 1.77. The molecule has 0 spiro atoms. The lowest BCUT2D eigenvalue weighted by molar-refractivity contribution is -0.130. The number of carboxylic acid groups (broad SMARTS) is 1. The maximum absolute atomic E-state index is 11.5. The van der Waals surface area contributed by atoms with Crippen LogP contribution in [0.15, 0.2) is 0 Å². The van der Waals surface area contributed by atoms with E-state index in [1.807, 2.05) is 0 Å². The van der Waals surface area contributed by atoms with Crippen LogP contribution in [0.25, 0.3) is 0 Å². The van der Waals surface area contributed by atoms with E-state index in [1.165, 1.54) is 6.92 Å². The topological polar surface area (TPSA) is 104 Å². The second kappa shape index (κ2) is 3.93. The van der Waals surface area contributed by atoms with Gasteiger partial charge in [-0.3, -0.25) is 9.69 Å². The molecule has 4 N–H and O–H groups in total. The number of aliphatic hydroxyl groups is 1. The number of amides is 1. The predicted molar refractivity (Wildman–Crippen MR) is 47.8 cm³/mol. The summed E-state index contributed by atoms with van der Waals surface area (Å²) in [7, 11) is 0. The van der Waals surface area contributed by atoms with Gasteiger partial charge in [0.15, 0.2) is 5.78 Å². The van der Waals surface area contributed by atoms with E-state index in [0.29, 0.717) is 13.0 Å². The molecule has 1 fully saturated rings. The number of ketones is 1. The lowest BCUT2D eigenvalue weighted by atomic mass is 9.93. The minimum atomic E-state index is -1.12. The quantitative estimate of drug-likeness (QED) is 0.545. The summed E-state index contributed by atoms with van der Waals surface area (Å²) >= 11 is 0. The highest BCUT2D eigenvalue weighted by Crippen LogP contribution is 2.19. The van der Waals surface area contributed by atoms with Crippen molar-refractivity contribution in [2.45, 2.75) is 31.5 Å². The summed E-state index contributed by atoms with van der Waals surface area (Å²) in [5.41, 5.74) is 5.41. The standard InChI is InChI=1S/C8H14N2O4/c1-4(11)6(9)7(12)5-2-3-10(5)8(13)14/h4-6,11H,2-3,9H2,1H3,(H,13,14). The fraction of sp³-hybridized carbons (Fsp3) is 0.750. The number of aliphatic hydroxyl groups excluding tert-OH is 1. The van der Waals surface area contributed by atoms with E-state index in [0.717, 1.165) is 4.90 Å². The SMILES string of the molecule is CC(O)C(N)C(=O)C1CCN1C(=O)O. The summed E-state index contributed by atoms with van der Waals surface area (Å²) in [6, 6.07) is -1.67. The van der Waals surface area contributed by atoms with Crippen molar-refractivity contribution in [1.82, 2.24) is 4.90 Å². The molecule has 1 rings (SSSR count). The second-order valence-corrected chi connectivity index (χ2v) is 3.45. The highest BCUT2D eigenvalue weighted by molar-refractivity contribution is 5.92. The molecule has 0 bridgehead atoms. The fourth-order valence-electron chi connectivity index (χ4n) is 1.37. The molecule has 1 aliphatic rings. The molecule has 1 heterocycles. The van der Waals surface area contributed by atoms with Gasteiger partial charge in [0.2, 0.25) is 0 Å². The first kappa shape index (κ1) is 10.9. The first-order valence-electron chi connectivity index (χ1n) is 4.42. The van der Waals surface area contributed by atoms with Gasteiger partial charge in [-0.1, -0.05) is 0 Å². The molecule has 0 aromatic heterocycles. The first-order valence-corrected chi connectivity index (χ1v) is 4.42. The van der Waals surface area contributed by atoms with Crippen LogP contribution >= 0.6 is 0 Å². The number of rotatable bonds is 3. The molecule has 0 radical (unpaired) electrons. The van der Waals surface area contributed by atoms with Crippen molar-refractivity contribution < 1.29 is 19.8 Å². The average molecular weight is 202 g/mol. The van der Waals surface area contributed by atoms with E-state index in [4.69, 9.17) is 15.9 Å². The van der Waals surface area contributed by atoms with Gasteiger partial charge >= 0.3 is 6.09 Å². The number of hydrogen-bond donors (Lipinski definition) is 3. The third-order valence-electron chi connectivity index (χ3n) is 2.44. The van der Waals surface area contributed by atoms with Crippen molar-refractivity contribution in [2.75, 3.05) is 6.54 Å². The average Bonchev–Trinajstić information content (AvgIpc) is 1.99. The van der Waals surface area contributed by atoms with Crippen LogP contribution in [0.3, 0.4) is 0 Å². The van der Waals surface area contributed by atoms with Crippen LogP contribution in [0.2, 0.25) is 0 Å². The Morgan fingerprint density at radius 1 is 1.57 bits per heavy atom. The van der Waals surface area contributed by atoms with Crippen molar-refractivity contribution in [3.05, 3.63) is 0 Å². The van der Waals surface area contributed by atoms with Crippen molar-refractivity contribution in [2.24, 2.45) is 5.73 Å². The lowest BCUT2D eigenvalue weighted by Gasteiger charge is -2.38. The molecule has 1 aliphatic heterocycles. The highest BCUT2D eigenvalue weighted by Gasteiger charge is 2.40. The molecule has 0 aromatic rings. The molecule has 0 saturated carbocycles. The fourth-order valence-corrected chi connectivity index (χ4v) is 1.37. The van der Waals surface area contributed by atoms with Gasteiger partial charge in [0.05, 0.1) is 18.2 Å². The zero-order chi connectivity index (χ0) is 10.9. The van der Waals surface area contributed by atoms with E-state index in [1.54, 1.807) is 0 Å². The van der Waals surface area contributed by atoms with Gasteiger partial charge in [-0.25, -0.2) is 4.79 Å². The van der Waals surface area contributed by atoms with Crippen molar-refractivity contribution in [3.8, 4) is 0 Å². The maximum Gasteiger partial charge on any atom is 0.407 e. The summed E-state index contributed by atoms with van der Waals surface area (Å²) in [5.74, 6) is -0.409. The number of hydrogen-bond acceptors (Lipinski definition) is 4. The van der Waals surface area contributed by atoms with Crippen LogP contribution in [0, 0.1) is 0 Å². The van der Waals surface area contributed by atoms with Crippen LogP contribution in [-0.4, -0.2) is 51.7 Å². The number of nitrogens with two attached hydrogens (primary N) is 1. The highest BCUT2D eigenvalue weighted by atomic mass is 16.4. The summed E-state index contributed by atoms with van der Waals surface area (Å²) in [5, 5.41) is 17.7. The lowest BCUT2D eigenvalue weighted by Crippen LogP contribution is -2.60. The zero-order valence-corrected chi connectivity index (χ0v) is 7.88. The predicted octanol–water partition coefficient (Wildman–Crippen LogP) is -0.984. The van der Waals surface area contributed by atoms with E-state index >= 15 is 0 Å². The van der Waals surface area contributed by atoms with Gasteiger partial charge in [0.25, 0.3) is 0 Å². The largest absolute Gasteiger partial charge is 0.465 e. The molecule has 1 amide bonds. The normalized spacial score (nSPS) is 25.1. The molecule has 14 heavy (non-hydrogen) atoms. The third kappa shape index (κ3) is 1.85. The Morgan fingerprint density at radius 3 is 2.43 bits per heavy atom. The Bertz CT molecular complexity index is 254. The van der Waals surface area contributed by atoms with Crippen LogP contribution in [-0.2, 0) is 4.79 Å². The van der Waals surface area contributed by atoms with E-state index in [2.05, 4.69) is 0 Å². The van der Waals surface area contributed by atoms with Gasteiger partial charge in [0, 0.05) is 6.54 Å². The number of nitrogens with zero attached hydrogens (tertiary/aromatic N) is 1. The van der Waals surface area contributed by atoms with Gasteiger partial charge in [-0.05, 0) is 13.3 Å². The Kier molecular flexibility index (Phi) is 3.07. The number of Topliss-reactive ketones (excluding diaryl/α,β-unsaturated/α-hetero) is 1.